The molecule has 3 aromatic rings. The summed E-state index contributed by atoms with van der Waals surface area (Å²) in [4.78, 5) is 12.6. The van der Waals surface area contributed by atoms with Crippen LogP contribution in [-0.4, -0.2) is 34.0 Å². The predicted molar refractivity (Wildman–Crippen MR) is 112 cm³/mol. The first-order valence-corrected chi connectivity index (χ1v) is 10.4. The molecule has 35 heavy (non-hydrogen) atoms. The van der Waals surface area contributed by atoms with E-state index in [9.17, 15) is 31.1 Å². The first-order valence-electron chi connectivity index (χ1n) is 10.4. The van der Waals surface area contributed by atoms with Crippen molar-refractivity contribution in [3.63, 3.8) is 0 Å². The lowest BCUT2D eigenvalue weighted by atomic mass is 9.98. The molecule has 0 saturated carbocycles. The van der Waals surface area contributed by atoms with E-state index in [0.717, 1.165) is 18.2 Å². The maximum Gasteiger partial charge on any atom is 0.435 e. The Morgan fingerprint density at radius 2 is 1.80 bits per heavy atom. The molecule has 0 radical (unpaired) electrons. The van der Waals surface area contributed by atoms with Gasteiger partial charge in [0.1, 0.15) is 17.5 Å². The molecule has 2 N–H and O–H groups in total. The molecule has 188 valence electrons. The molecule has 6 nitrogen and oxygen atoms in total. The van der Waals surface area contributed by atoms with Crippen LogP contribution in [0.15, 0.2) is 42.5 Å². The van der Waals surface area contributed by atoms with E-state index in [0.29, 0.717) is 22.4 Å². The van der Waals surface area contributed by atoms with Crippen LogP contribution in [0.4, 0.5) is 26.3 Å². The number of nitrogens with one attached hydrogen (secondary N) is 1. The van der Waals surface area contributed by atoms with Crippen LogP contribution >= 0.6 is 0 Å². The van der Waals surface area contributed by atoms with Gasteiger partial charge in [0, 0.05) is 11.6 Å². The molecule has 1 unspecified atom stereocenters. The molecule has 1 heterocycles. The van der Waals surface area contributed by atoms with E-state index in [2.05, 4.69) is 10.4 Å². The summed E-state index contributed by atoms with van der Waals surface area (Å²) < 4.78 is 86.9. The maximum atomic E-state index is 14.3. The minimum Gasteiger partial charge on any atom is -0.394 e. The number of aliphatic hydroxyl groups is 1. The highest BCUT2D eigenvalue weighted by molar-refractivity contribution is 5.83. The summed E-state index contributed by atoms with van der Waals surface area (Å²) in [7, 11) is 0. The van der Waals surface area contributed by atoms with Gasteiger partial charge in [0.25, 0.3) is 0 Å². The van der Waals surface area contributed by atoms with E-state index in [1.165, 1.54) is 19.1 Å². The van der Waals surface area contributed by atoms with Gasteiger partial charge in [-0.15, -0.1) is 0 Å². The minimum atomic E-state index is -4.83. The SMILES string of the molecule is CC(C(=O)NCc1cc(C(F)(F)F)nn1-c1cc(F)cc(F)c1)c1ccc(COCCO)c(F)c1. The highest BCUT2D eigenvalue weighted by atomic mass is 19.4. The molecule has 0 fully saturated rings. The summed E-state index contributed by atoms with van der Waals surface area (Å²) in [6, 6.07) is 6.90. The van der Waals surface area contributed by atoms with E-state index in [1.54, 1.807) is 0 Å². The third kappa shape index (κ3) is 6.61. The topological polar surface area (TPSA) is 76.4 Å². The van der Waals surface area contributed by atoms with Gasteiger partial charge < -0.3 is 15.2 Å². The number of ether oxygens (including phenoxy) is 1. The van der Waals surface area contributed by atoms with Crippen molar-refractivity contribution in [3.8, 4) is 5.69 Å². The van der Waals surface area contributed by atoms with Gasteiger partial charge in [-0.3, -0.25) is 4.79 Å². The van der Waals surface area contributed by atoms with Gasteiger partial charge in [0.15, 0.2) is 5.69 Å². The van der Waals surface area contributed by atoms with E-state index in [4.69, 9.17) is 9.84 Å². The third-order valence-electron chi connectivity index (χ3n) is 5.07. The fourth-order valence-corrected chi connectivity index (χ4v) is 3.25. The highest BCUT2D eigenvalue weighted by Crippen LogP contribution is 2.30. The van der Waals surface area contributed by atoms with Crippen molar-refractivity contribution in [1.82, 2.24) is 15.1 Å². The van der Waals surface area contributed by atoms with Gasteiger partial charge >= 0.3 is 6.18 Å². The van der Waals surface area contributed by atoms with Gasteiger partial charge in [-0.05, 0) is 36.8 Å². The molecular formula is C23H21F6N3O3. The molecule has 3 rings (SSSR count). The van der Waals surface area contributed by atoms with Gasteiger partial charge in [-0.1, -0.05) is 12.1 Å². The summed E-state index contributed by atoms with van der Waals surface area (Å²) in [5.41, 5.74) is -1.24. The van der Waals surface area contributed by atoms with Crippen molar-refractivity contribution in [1.29, 1.82) is 0 Å². The van der Waals surface area contributed by atoms with Crippen LogP contribution < -0.4 is 5.32 Å². The van der Waals surface area contributed by atoms with Gasteiger partial charge in [0.05, 0.1) is 43.7 Å². The van der Waals surface area contributed by atoms with E-state index in [1.807, 2.05) is 0 Å². The Balaban J connectivity index is 1.78. The molecule has 0 aliphatic heterocycles. The van der Waals surface area contributed by atoms with Crippen molar-refractivity contribution in [2.45, 2.75) is 32.2 Å². The molecule has 1 atom stereocenters. The van der Waals surface area contributed by atoms with E-state index in [-0.39, 0.29) is 36.8 Å². The Labute approximate surface area is 196 Å². The second-order valence-electron chi connectivity index (χ2n) is 7.62. The smallest absolute Gasteiger partial charge is 0.394 e. The van der Waals surface area contributed by atoms with E-state index >= 15 is 0 Å². The Hall–Kier alpha value is -3.38. The molecule has 1 aromatic heterocycles. The van der Waals surface area contributed by atoms with Crippen molar-refractivity contribution in [2.24, 2.45) is 0 Å². The van der Waals surface area contributed by atoms with Crippen LogP contribution in [0, 0.1) is 17.5 Å². The Morgan fingerprint density at radius 3 is 2.40 bits per heavy atom. The first kappa shape index (κ1) is 26.2. The summed E-state index contributed by atoms with van der Waals surface area (Å²) in [5, 5.41) is 14.6. The van der Waals surface area contributed by atoms with Gasteiger partial charge in [0.2, 0.25) is 5.91 Å². The average molecular weight is 501 g/mol. The standard InChI is InChI=1S/C23H21F6N3O3/c1-13(14-2-3-15(20(26)6-14)12-35-5-4-33)22(34)30-11-19-10-21(23(27,28)29)31-32(19)18-8-16(24)7-17(25)9-18/h2-3,6-10,13,33H,4-5,11-12H2,1H3,(H,30,34). The van der Waals surface area contributed by atoms with Gasteiger partial charge in [-0.25, -0.2) is 17.9 Å². The van der Waals surface area contributed by atoms with Crippen LogP contribution in [0.5, 0.6) is 0 Å². The molecule has 12 heteroatoms. The predicted octanol–water partition coefficient (Wildman–Crippen LogP) is 4.24. The quantitative estimate of drug-likeness (QED) is 0.340. The molecule has 0 saturated heterocycles. The number of benzene rings is 2. The molecule has 1 amide bonds. The number of nitrogens with zero attached hydrogens (tertiary/aromatic N) is 2. The zero-order chi connectivity index (χ0) is 25.8. The first-order chi connectivity index (χ1) is 16.5. The van der Waals surface area contributed by atoms with Crippen LogP contribution in [0.3, 0.4) is 0 Å². The lowest BCUT2D eigenvalue weighted by molar-refractivity contribution is -0.141. The Kier molecular flexibility index (Phi) is 8.18. The number of hydrogen-bond donors (Lipinski definition) is 2. The lowest BCUT2D eigenvalue weighted by Gasteiger charge is -2.15. The second-order valence-corrected chi connectivity index (χ2v) is 7.62. The van der Waals surface area contributed by atoms with Crippen LogP contribution in [0.25, 0.3) is 5.69 Å². The zero-order valence-electron chi connectivity index (χ0n) is 18.4. The molecule has 2 aromatic carbocycles. The number of hydrogen-bond acceptors (Lipinski definition) is 4. The number of rotatable bonds is 9. The molecule has 0 bridgehead atoms. The normalized spacial score (nSPS) is 12.6. The third-order valence-corrected chi connectivity index (χ3v) is 5.07. The number of aliphatic hydroxyl groups excluding tert-OH is 1. The summed E-state index contributed by atoms with van der Waals surface area (Å²) in [5.74, 6) is -4.15. The van der Waals surface area contributed by atoms with E-state index < -0.39 is 47.7 Å². The molecule has 0 aliphatic carbocycles. The number of alkyl halides is 3. The van der Waals surface area contributed by atoms with Crippen LogP contribution in [-0.2, 0) is 28.9 Å². The second kappa shape index (κ2) is 10.9. The lowest BCUT2D eigenvalue weighted by Crippen LogP contribution is -2.28. The van der Waals surface area contributed by atoms with Crippen molar-refractivity contribution < 1.29 is 41.0 Å². The Morgan fingerprint density at radius 1 is 1.11 bits per heavy atom. The molecular weight excluding hydrogens is 480 g/mol. The van der Waals surface area contributed by atoms with Crippen LogP contribution in [0.1, 0.15) is 35.4 Å². The van der Waals surface area contributed by atoms with Gasteiger partial charge in [-0.2, -0.15) is 18.3 Å². The number of halogens is 6. The molecule has 0 aliphatic rings. The molecule has 0 spiro atoms. The average Bonchev–Trinajstić information content (AvgIpc) is 3.22. The highest BCUT2D eigenvalue weighted by Gasteiger charge is 2.35. The number of amides is 1. The fraction of sp³-hybridized carbons (Fsp3) is 0.304. The minimum absolute atomic E-state index is 0.0366. The maximum absolute atomic E-state index is 14.3. The summed E-state index contributed by atoms with van der Waals surface area (Å²) in [6.07, 6.45) is -4.83. The monoisotopic (exact) mass is 501 g/mol. The fourth-order valence-electron chi connectivity index (χ4n) is 3.25. The Bertz CT molecular complexity index is 1180. The summed E-state index contributed by atoms with van der Waals surface area (Å²) >= 11 is 0. The number of carbonyl (C=O) groups excluding carboxylic acids is 1. The summed E-state index contributed by atoms with van der Waals surface area (Å²) in [6.45, 7) is 0.787. The zero-order valence-corrected chi connectivity index (χ0v) is 18.4. The van der Waals surface area contributed by atoms with Crippen molar-refractivity contribution in [3.05, 3.63) is 82.4 Å². The number of carbonyl (C=O) groups is 1. The largest absolute Gasteiger partial charge is 0.435 e. The van der Waals surface area contributed by atoms with Crippen molar-refractivity contribution in [2.75, 3.05) is 13.2 Å². The number of aromatic nitrogens is 2. The van der Waals surface area contributed by atoms with Crippen molar-refractivity contribution >= 4 is 5.91 Å². The van der Waals surface area contributed by atoms with Crippen LogP contribution in [0.2, 0.25) is 0 Å².